The standard InChI is InChI=1S/C12H13N3O2S/c1-8-3-5-10(6-4-8)15-9(2)13-14-12(15)18-7-11(16)17/h3-6H,7H2,1-2H3,(H,16,17). The molecule has 0 radical (unpaired) electrons. The van der Waals surface area contributed by atoms with Gasteiger partial charge in [0.1, 0.15) is 5.82 Å². The van der Waals surface area contributed by atoms with Gasteiger partial charge in [-0.1, -0.05) is 29.5 Å². The number of carbonyl (C=O) groups is 1. The van der Waals surface area contributed by atoms with Crippen LogP contribution in [0.5, 0.6) is 0 Å². The number of hydrogen-bond acceptors (Lipinski definition) is 4. The maximum absolute atomic E-state index is 10.6. The highest BCUT2D eigenvalue weighted by atomic mass is 32.2. The Balaban J connectivity index is 2.34. The van der Waals surface area contributed by atoms with Crippen LogP contribution in [0.1, 0.15) is 11.4 Å². The molecule has 0 bridgehead atoms. The predicted octanol–water partition coefficient (Wildman–Crippen LogP) is 2.06. The zero-order valence-electron chi connectivity index (χ0n) is 10.1. The van der Waals surface area contributed by atoms with Crippen LogP contribution < -0.4 is 0 Å². The Morgan fingerprint density at radius 1 is 1.28 bits per heavy atom. The fraction of sp³-hybridized carbons (Fsp3) is 0.250. The summed E-state index contributed by atoms with van der Waals surface area (Å²) >= 11 is 1.16. The van der Waals surface area contributed by atoms with Gasteiger partial charge in [0.05, 0.1) is 5.75 Å². The fourth-order valence-corrected chi connectivity index (χ4v) is 2.27. The van der Waals surface area contributed by atoms with Crippen molar-refractivity contribution in [2.45, 2.75) is 19.0 Å². The lowest BCUT2D eigenvalue weighted by molar-refractivity contribution is -0.133. The monoisotopic (exact) mass is 263 g/mol. The second kappa shape index (κ2) is 5.22. The van der Waals surface area contributed by atoms with E-state index in [-0.39, 0.29) is 5.75 Å². The quantitative estimate of drug-likeness (QED) is 0.855. The highest BCUT2D eigenvalue weighted by Gasteiger charge is 2.12. The van der Waals surface area contributed by atoms with Gasteiger partial charge in [0.25, 0.3) is 0 Å². The smallest absolute Gasteiger partial charge is 0.313 e. The van der Waals surface area contributed by atoms with Crippen LogP contribution in [0.4, 0.5) is 0 Å². The first-order chi connectivity index (χ1) is 8.58. The molecule has 2 aromatic rings. The van der Waals surface area contributed by atoms with Crippen LogP contribution in [0, 0.1) is 13.8 Å². The van der Waals surface area contributed by atoms with E-state index in [4.69, 9.17) is 5.11 Å². The molecule has 5 nitrogen and oxygen atoms in total. The van der Waals surface area contributed by atoms with Gasteiger partial charge in [-0.3, -0.25) is 9.36 Å². The predicted molar refractivity (Wildman–Crippen MR) is 69.2 cm³/mol. The molecule has 0 saturated carbocycles. The minimum atomic E-state index is -0.865. The molecule has 1 heterocycles. The molecule has 6 heteroatoms. The van der Waals surface area contributed by atoms with Gasteiger partial charge in [-0.15, -0.1) is 10.2 Å². The zero-order chi connectivity index (χ0) is 13.1. The SMILES string of the molecule is Cc1ccc(-n2c(C)nnc2SCC(=O)O)cc1. The maximum atomic E-state index is 10.6. The van der Waals surface area contributed by atoms with E-state index in [9.17, 15) is 4.79 Å². The number of carboxylic acid groups (broad SMARTS) is 1. The highest BCUT2D eigenvalue weighted by Crippen LogP contribution is 2.21. The molecule has 1 aromatic carbocycles. The Hall–Kier alpha value is -1.82. The van der Waals surface area contributed by atoms with Crippen molar-refractivity contribution >= 4 is 17.7 Å². The lowest BCUT2D eigenvalue weighted by Crippen LogP contribution is -2.03. The molecule has 0 amide bonds. The number of aromatic nitrogens is 3. The number of benzene rings is 1. The molecule has 94 valence electrons. The summed E-state index contributed by atoms with van der Waals surface area (Å²) in [4.78, 5) is 10.6. The van der Waals surface area contributed by atoms with Gasteiger partial charge in [-0.2, -0.15) is 0 Å². The molecule has 0 aliphatic carbocycles. The molecule has 1 aromatic heterocycles. The molecular formula is C12H13N3O2S. The van der Waals surface area contributed by atoms with E-state index in [1.165, 1.54) is 5.56 Å². The average Bonchev–Trinajstić information content (AvgIpc) is 2.69. The van der Waals surface area contributed by atoms with Gasteiger partial charge in [-0.25, -0.2) is 0 Å². The number of aliphatic carboxylic acids is 1. The van der Waals surface area contributed by atoms with Gasteiger partial charge >= 0.3 is 5.97 Å². The van der Waals surface area contributed by atoms with Crippen LogP contribution in [0.3, 0.4) is 0 Å². The number of nitrogens with zero attached hydrogens (tertiary/aromatic N) is 3. The van der Waals surface area contributed by atoms with Gasteiger partial charge in [-0.05, 0) is 26.0 Å². The highest BCUT2D eigenvalue weighted by molar-refractivity contribution is 7.99. The van der Waals surface area contributed by atoms with Crippen LogP contribution in [-0.2, 0) is 4.79 Å². The molecular weight excluding hydrogens is 250 g/mol. The Bertz CT molecular complexity index is 563. The summed E-state index contributed by atoms with van der Waals surface area (Å²) in [7, 11) is 0. The van der Waals surface area contributed by atoms with E-state index in [0.717, 1.165) is 23.3 Å². The first-order valence-corrected chi connectivity index (χ1v) is 6.40. The normalized spacial score (nSPS) is 10.6. The Morgan fingerprint density at radius 2 is 1.94 bits per heavy atom. The number of hydrogen-bond donors (Lipinski definition) is 1. The third-order valence-electron chi connectivity index (χ3n) is 2.41. The molecule has 0 saturated heterocycles. The lowest BCUT2D eigenvalue weighted by atomic mass is 10.2. The largest absolute Gasteiger partial charge is 0.481 e. The minimum absolute atomic E-state index is 0.0238. The molecule has 0 unspecified atom stereocenters. The Labute approximate surface area is 109 Å². The molecule has 0 aliphatic rings. The lowest BCUT2D eigenvalue weighted by Gasteiger charge is -2.07. The molecule has 1 N–H and O–H groups in total. The van der Waals surface area contributed by atoms with E-state index in [1.54, 1.807) is 0 Å². The first kappa shape index (κ1) is 12.6. The van der Waals surface area contributed by atoms with Gasteiger partial charge < -0.3 is 5.11 Å². The summed E-state index contributed by atoms with van der Waals surface area (Å²) in [5, 5.41) is 17.3. The third kappa shape index (κ3) is 2.70. The summed E-state index contributed by atoms with van der Waals surface area (Å²) in [6, 6.07) is 7.94. The van der Waals surface area contributed by atoms with E-state index < -0.39 is 5.97 Å². The maximum Gasteiger partial charge on any atom is 0.313 e. The van der Waals surface area contributed by atoms with Crippen molar-refractivity contribution < 1.29 is 9.90 Å². The van der Waals surface area contributed by atoms with Gasteiger partial charge in [0, 0.05) is 5.69 Å². The number of rotatable bonds is 4. The topological polar surface area (TPSA) is 68.0 Å². The summed E-state index contributed by atoms with van der Waals surface area (Å²) < 4.78 is 1.85. The average molecular weight is 263 g/mol. The van der Waals surface area contributed by atoms with Crippen molar-refractivity contribution in [3.8, 4) is 5.69 Å². The van der Waals surface area contributed by atoms with E-state index in [1.807, 2.05) is 42.7 Å². The number of carboxylic acids is 1. The van der Waals surface area contributed by atoms with E-state index in [0.29, 0.717) is 5.16 Å². The van der Waals surface area contributed by atoms with Crippen molar-refractivity contribution in [1.29, 1.82) is 0 Å². The number of aryl methyl sites for hydroxylation is 2. The molecule has 18 heavy (non-hydrogen) atoms. The Kier molecular flexibility index (Phi) is 3.66. The third-order valence-corrected chi connectivity index (χ3v) is 3.33. The summed E-state index contributed by atoms with van der Waals surface area (Å²) in [6.45, 7) is 3.86. The Morgan fingerprint density at radius 3 is 2.56 bits per heavy atom. The summed E-state index contributed by atoms with van der Waals surface area (Å²) in [6.07, 6.45) is 0. The van der Waals surface area contributed by atoms with Crippen molar-refractivity contribution in [2.24, 2.45) is 0 Å². The fourth-order valence-electron chi connectivity index (χ4n) is 1.55. The molecule has 2 rings (SSSR count). The molecule has 0 aliphatic heterocycles. The molecule has 0 atom stereocenters. The van der Waals surface area contributed by atoms with Crippen LogP contribution in [0.2, 0.25) is 0 Å². The van der Waals surface area contributed by atoms with E-state index in [2.05, 4.69) is 10.2 Å². The van der Waals surface area contributed by atoms with Crippen LogP contribution >= 0.6 is 11.8 Å². The molecule has 0 fully saturated rings. The van der Waals surface area contributed by atoms with Crippen LogP contribution in [-0.4, -0.2) is 31.6 Å². The summed E-state index contributed by atoms with van der Waals surface area (Å²) in [5.41, 5.74) is 2.11. The van der Waals surface area contributed by atoms with Crippen LogP contribution in [0.25, 0.3) is 5.69 Å². The zero-order valence-corrected chi connectivity index (χ0v) is 10.9. The van der Waals surface area contributed by atoms with Crippen LogP contribution in [0.15, 0.2) is 29.4 Å². The van der Waals surface area contributed by atoms with Gasteiger partial charge in [0.15, 0.2) is 5.16 Å². The van der Waals surface area contributed by atoms with Crippen molar-refractivity contribution in [2.75, 3.05) is 5.75 Å². The molecule has 0 spiro atoms. The minimum Gasteiger partial charge on any atom is -0.481 e. The van der Waals surface area contributed by atoms with E-state index >= 15 is 0 Å². The second-order valence-electron chi connectivity index (χ2n) is 3.88. The first-order valence-electron chi connectivity index (χ1n) is 5.41. The van der Waals surface area contributed by atoms with Gasteiger partial charge in [0.2, 0.25) is 0 Å². The second-order valence-corrected chi connectivity index (χ2v) is 4.83. The number of thioether (sulfide) groups is 1. The van der Waals surface area contributed by atoms with Crippen molar-refractivity contribution in [3.05, 3.63) is 35.7 Å². The van der Waals surface area contributed by atoms with Crippen molar-refractivity contribution in [1.82, 2.24) is 14.8 Å². The summed E-state index contributed by atoms with van der Waals surface area (Å²) in [5.74, 6) is -0.146. The van der Waals surface area contributed by atoms with Crippen molar-refractivity contribution in [3.63, 3.8) is 0 Å².